The minimum atomic E-state index is -0.0667. The molecular formula is C11H18BrN3. The summed E-state index contributed by atoms with van der Waals surface area (Å²) in [5, 5.41) is 4.36. The van der Waals surface area contributed by atoms with E-state index in [2.05, 4.69) is 34.5 Å². The fraction of sp³-hybridized carbons (Fsp3) is 0.545. The summed E-state index contributed by atoms with van der Waals surface area (Å²) in [6.45, 7) is 8.52. The molecule has 0 saturated carbocycles. The van der Waals surface area contributed by atoms with Crippen LogP contribution in [0.1, 0.15) is 18.3 Å². The average Bonchev–Trinajstić information content (AvgIpc) is 2.45. The van der Waals surface area contributed by atoms with E-state index in [0.29, 0.717) is 6.54 Å². The molecule has 1 unspecified atom stereocenters. The van der Waals surface area contributed by atoms with Crippen molar-refractivity contribution in [2.75, 3.05) is 6.54 Å². The van der Waals surface area contributed by atoms with Gasteiger partial charge in [-0.15, -0.1) is 6.58 Å². The van der Waals surface area contributed by atoms with Gasteiger partial charge in [-0.2, -0.15) is 5.10 Å². The van der Waals surface area contributed by atoms with Gasteiger partial charge in [-0.05, 0) is 22.9 Å². The van der Waals surface area contributed by atoms with Crippen molar-refractivity contribution < 1.29 is 0 Å². The van der Waals surface area contributed by atoms with Crippen molar-refractivity contribution >= 4 is 15.9 Å². The molecule has 4 heteroatoms. The molecule has 1 heterocycles. The van der Waals surface area contributed by atoms with E-state index in [1.54, 1.807) is 0 Å². The van der Waals surface area contributed by atoms with E-state index in [1.807, 2.05) is 24.7 Å². The zero-order valence-corrected chi connectivity index (χ0v) is 11.1. The predicted octanol–water partition coefficient (Wildman–Crippen LogP) is 2.18. The van der Waals surface area contributed by atoms with E-state index in [1.165, 1.54) is 5.69 Å². The van der Waals surface area contributed by atoms with Crippen molar-refractivity contribution in [1.29, 1.82) is 0 Å². The summed E-state index contributed by atoms with van der Waals surface area (Å²) in [4.78, 5) is 0. The largest absolute Gasteiger partial charge is 0.330 e. The number of nitrogens with zero attached hydrogens (tertiary/aromatic N) is 2. The highest BCUT2D eigenvalue weighted by Crippen LogP contribution is 2.28. The molecule has 0 aliphatic rings. The third kappa shape index (κ3) is 2.49. The summed E-state index contributed by atoms with van der Waals surface area (Å²) in [7, 11) is 1.95. The summed E-state index contributed by atoms with van der Waals surface area (Å²) in [6, 6.07) is 0. The number of nitrogens with two attached hydrogens (primary N) is 1. The number of rotatable bonds is 4. The van der Waals surface area contributed by atoms with Gasteiger partial charge in [0.15, 0.2) is 0 Å². The van der Waals surface area contributed by atoms with Crippen molar-refractivity contribution in [3.05, 3.63) is 28.5 Å². The first-order valence-corrected chi connectivity index (χ1v) is 5.74. The lowest BCUT2D eigenvalue weighted by atomic mass is 9.85. The topological polar surface area (TPSA) is 43.8 Å². The molecule has 0 amide bonds. The van der Waals surface area contributed by atoms with E-state index in [9.17, 15) is 0 Å². The van der Waals surface area contributed by atoms with Crippen LogP contribution in [0.15, 0.2) is 17.1 Å². The molecule has 0 spiro atoms. The third-order valence-corrected chi connectivity index (χ3v) is 3.82. The quantitative estimate of drug-likeness (QED) is 0.854. The van der Waals surface area contributed by atoms with Gasteiger partial charge >= 0.3 is 0 Å². The van der Waals surface area contributed by atoms with Gasteiger partial charge in [0.1, 0.15) is 0 Å². The van der Waals surface area contributed by atoms with Crippen LogP contribution in [0.2, 0.25) is 0 Å². The second-order valence-corrected chi connectivity index (χ2v) is 5.00. The van der Waals surface area contributed by atoms with Crippen molar-refractivity contribution in [2.45, 2.75) is 20.3 Å². The monoisotopic (exact) mass is 271 g/mol. The summed E-state index contributed by atoms with van der Waals surface area (Å²) < 4.78 is 2.98. The Balaban J connectivity index is 3.03. The Hall–Kier alpha value is -0.610. The number of aromatic nitrogens is 2. The Labute approximate surface area is 99.5 Å². The van der Waals surface area contributed by atoms with Crippen LogP contribution in [-0.4, -0.2) is 16.3 Å². The van der Waals surface area contributed by atoms with E-state index in [-0.39, 0.29) is 5.41 Å². The molecule has 0 aromatic carbocycles. The molecule has 0 fully saturated rings. The summed E-state index contributed by atoms with van der Waals surface area (Å²) in [5.41, 5.74) is 7.87. The van der Waals surface area contributed by atoms with Gasteiger partial charge in [0.25, 0.3) is 0 Å². The standard InChI is InChI=1S/C11H18BrN3/c1-5-11(3,7-13)6-9-10(12)8(2)14-15(9)4/h5H,1,6-7,13H2,2-4H3. The Kier molecular flexibility index (Phi) is 3.73. The van der Waals surface area contributed by atoms with E-state index in [4.69, 9.17) is 5.73 Å². The van der Waals surface area contributed by atoms with Gasteiger partial charge in [0, 0.05) is 25.4 Å². The first-order valence-electron chi connectivity index (χ1n) is 4.95. The fourth-order valence-electron chi connectivity index (χ4n) is 1.48. The molecule has 1 atom stereocenters. The summed E-state index contributed by atoms with van der Waals surface area (Å²) in [6.07, 6.45) is 2.77. The lowest BCUT2D eigenvalue weighted by molar-refractivity contribution is 0.423. The van der Waals surface area contributed by atoms with Crippen molar-refractivity contribution in [3.8, 4) is 0 Å². The Morgan fingerprint density at radius 3 is 2.60 bits per heavy atom. The van der Waals surface area contributed by atoms with Crippen LogP contribution in [0.5, 0.6) is 0 Å². The number of hydrogen-bond donors (Lipinski definition) is 1. The molecule has 1 aromatic heterocycles. The lowest BCUT2D eigenvalue weighted by Crippen LogP contribution is -2.28. The average molecular weight is 272 g/mol. The van der Waals surface area contributed by atoms with Gasteiger partial charge in [0.05, 0.1) is 15.9 Å². The maximum Gasteiger partial charge on any atom is 0.0738 e. The first kappa shape index (κ1) is 12.5. The van der Waals surface area contributed by atoms with Gasteiger partial charge in [0.2, 0.25) is 0 Å². The normalized spacial score (nSPS) is 15.0. The highest BCUT2D eigenvalue weighted by molar-refractivity contribution is 9.10. The van der Waals surface area contributed by atoms with Crippen LogP contribution < -0.4 is 5.73 Å². The van der Waals surface area contributed by atoms with Crippen LogP contribution >= 0.6 is 15.9 Å². The molecule has 0 radical (unpaired) electrons. The zero-order chi connectivity index (χ0) is 11.6. The van der Waals surface area contributed by atoms with Gasteiger partial charge in [-0.25, -0.2) is 0 Å². The highest BCUT2D eigenvalue weighted by Gasteiger charge is 2.23. The van der Waals surface area contributed by atoms with E-state index >= 15 is 0 Å². The van der Waals surface area contributed by atoms with Gasteiger partial charge < -0.3 is 5.73 Å². The number of aryl methyl sites for hydroxylation is 2. The van der Waals surface area contributed by atoms with Crippen LogP contribution in [0.3, 0.4) is 0 Å². The molecular weight excluding hydrogens is 254 g/mol. The molecule has 1 rings (SSSR count). The van der Waals surface area contributed by atoms with E-state index < -0.39 is 0 Å². The minimum absolute atomic E-state index is 0.0667. The number of hydrogen-bond acceptors (Lipinski definition) is 2. The maximum absolute atomic E-state index is 5.76. The molecule has 2 N–H and O–H groups in total. The second-order valence-electron chi connectivity index (χ2n) is 4.21. The molecule has 0 aliphatic heterocycles. The number of halogens is 1. The van der Waals surface area contributed by atoms with Crippen molar-refractivity contribution in [2.24, 2.45) is 18.2 Å². The Bertz CT molecular complexity index is 370. The SMILES string of the molecule is C=CC(C)(CN)Cc1c(Br)c(C)nn1C. The van der Waals surface area contributed by atoms with Gasteiger partial charge in [-0.1, -0.05) is 13.0 Å². The first-order chi connectivity index (χ1) is 6.93. The zero-order valence-electron chi connectivity index (χ0n) is 9.55. The maximum atomic E-state index is 5.76. The molecule has 0 bridgehead atoms. The van der Waals surface area contributed by atoms with E-state index in [0.717, 1.165) is 16.6 Å². The molecule has 1 aromatic rings. The predicted molar refractivity (Wildman–Crippen MR) is 66.7 cm³/mol. The molecule has 15 heavy (non-hydrogen) atoms. The summed E-state index contributed by atoms with van der Waals surface area (Å²) in [5.74, 6) is 0. The third-order valence-electron chi connectivity index (χ3n) is 2.79. The second kappa shape index (κ2) is 4.49. The van der Waals surface area contributed by atoms with Crippen molar-refractivity contribution in [1.82, 2.24) is 9.78 Å². The Morgan fingerprint density at radius 1 is 1.67 bits per heavy atom. The smallest absolute Gasteiger partial charge is 0.0738 e. The summed E-state index contributed by atoms with van der Waals surface area (Å²) >= 11 is 3.55. The molecule has 84 valence electrons. The van der Waals surface area contributed by atoms with Crippen LogP contribution in [0, 0.1) is 12.3 Å². The van der Waals surface area contributed by atoms with Gasteiger partial charge in [-0.3, -0.25) is 4.68 Å². The molecule has 0 aliphatic carbocycles. The lowest BCUT2D eigenvalue weighted by Gasteiger charge is -2.23. The Morgan fingerprint density at radius 2 is 2.27 bits per heavy atom. The van der Waals surface area contributed by atoms with Crippen LogP contribution in [-0.2, 0) is 13.5 Å². The van der Waals surface area contributed by atoms with Crippen molar-refractivity contribution in [3.63, 3.8) is 0 Å². The highest BCUT2D eigenvalue weighted by atomic mass is 79.9. The molecule has 3 nitrogen and oxygen atoms in total. The molecule has 0 saturated heterocycles. The fourth-order valence-corrected chi connectivity index (χ4v) is 1.96. The van der Waals surface area contributed by atoms with Crippen LogP contribution in [0.25, 0.3) is 0 Å². The minimum Gasteiger partial charge on any atom is -0.330 e. The van der Waals surface area contributed by atoms with Crippen LogP contribution in [0.4, 0.5) is 0 Å².